The molecule has 0 amide bonds. The second-order valence-electron chi connectivity index (χ2n) is 3.41. The highest BCUT2D eigenvalue weighted by Gasteiger charge is 2.09. The maximum atomic E-state index is 10.6. The summed E-state index contributed by atoms with van der Waals surface area (Å²) in [6.07, 6.45) is 0.784. The molecule has 0 unspecified atom stereocenters. The van der Waals surface area contributed by atoms with Crippen LogP contribution in [0.2, 0.25) is 5.02 Å². The quantitative estimate of drug-likeness (QED) is 0.593. The normalized spacial score (nSPS) is 10.6. The predicted octanol–water partition coefficient (Wildman–Crippen LogP) is 3.36. The summed E-state index contributed by atoms with van der Waals surface area (Å²) < 4.78 is 0. The fourth-order valence-corrected chi connectivity index (χ4v) is 1.80. The number of hydrogen-bond acceptors (Lipinski definition) is 3. The van der Waals surface area contributed by atoms with Crippen LogP contribution < -0.4 is 0 Å². The molecular weight excluding hydrogens is 228 g/mol. The van der Waals surface area contributed by atoms with Crippen LogP contribution in [0.4, 0.5) is 5.69 Å². The molecule has 0 aliphatic rings. The van der Waals surface area contributed by atoms with E-state index in [0.717, 1.165) is 12.1 Å². The van der Waals surface area contributed by atoms with Crippen LogP contribution >= 0.6 is 11.6 Å². The molecule has 0 aliphatic heterocycles. The van der Waals surface area contributed by atoms with E-state index in [-0.39, 0.29) is 5.69 Å². The lowest BCUT2D eigenvalue weighted by molar-refractivity contribution is -0.384. The second kappa shape index (κ2) is 4.06. The number of aryl methyl sites for hydroxylation is 1. The number of rotatable bonds is 2. The van der Waals surface area contributed by atoms with Crippen molar-refractivity contribution in [2.24, 2.45) is 0 Å². The van der Waals surface area contributed by atoms with Crippen molar-refractivity contribution < 1.29 is 4.92 Å². The van der Waals surface area contributed by atoms with Crippen molar-refractivity contribution in [1.82, 2.24) is 4.98 Å². The van der Waals surface area contributed by atoms with E-state index in [1.807, 2.05) is 6.92 Å². The van der Waals surface area contributed by atoms with Gasteiger partial charge in [0.05, 0.1) is 15.5 Å². The van der Waals surface area contributed by atoms with E-state index >= 15 is 0 Å². The summed E-state index contributed by atoms with van der Waals surface area (Å²) in [6.45, 7) is 1.98. The van der Waals surface area contributed by atoms with Crippen molar-refractivity contribution in [2.75, 3.05) is 0 Å². The summed E-state index contributed by atoms with van der Waals surface area (Å²) in [5.41, 5.74) is 1.60. The molecule has 0 aliphatic carbocycles. The van der Waals surface area contributed by atoms with Gasteiger partial charge in [0.1, 0.15) is 0 Å². The van der Waals surface area contributed by atoms with Gasteiger partial charge in [-0.2, -0.15) is 0 Å². The Labute approximate surface area is 97.0 Å². The molecular formula is C11H9ClN2O2. The van der Waals surface area contributed by atoms with Crippen LogP contribution in [0, 0.1) is 10.1 Å². The van der Waals surface area contributed by atoms with Crippen LogP contribution in [0.5, 0.6) is 0 Å². The largest absolute Gasteiger partial charge is 0.270 e. The van der Waals surface area contributed by atoms with Crippen LogP contribution in [-0.4, -0.2) is 9.91 Å². The summed E-state index contributed by atoms with van der Waals surface area (Å²) in [5, 5.41) is 11.7. The SMILES string of the molecule is CCc1cc(Cl)c2cc([N+](=O)[O-])ccc2n1. The Bertz CT molecular complexity index is 569. The first-order valence-corrected chi connectivity index (χ1v) is 5.23. The van der Waals surface area contributed by atoms with Gasteiger partial charge in [0, 0.05) is 23.2 Å². The van der Waals surface area contributed by atoms with E-state index in [9.17, 15) is 10.1 Å². The molecule has 16 heavy (non-hydrogen) atoms. The minimum Gasteiger partial charge on any atom is -0.258 e. The molecule has 0 saturated carbocycles. The van der Waals surface area contributed by atoms with E-state index in [4.69, 9.17) is 11.6 Å². The van der Waals surface area contributed by atoms with Gasteiger partial charge < -0.3 is 0 Å². The lowest BCUT2D eigenvalue weighted by atomic mass is 10.1. The number of aromatic nitrogens is 1. The molecule has 2 aromatic rings. The van der Waals surface area contributed by atoms with E-state index in [2.05, 4.69) is 4.98 Å². The molecule has 0 N–H and O–H groups in total. The van der Waals surface area contributed by atoms with E-state index in [1.54, 1.807) is 12.1 Å². The van der Waals surface area contributed by atoms with Crippen molar-refractivity contribution >= 4 is 28.2 Å². The number of nitrogens with zero attached hydrogens (tertiary/aromatic N) is 2. The Balaban J connectivity index is 2.70. The fourth-order valence-electron chi connectivity index (χ4n) is 1.52. The third-order valence-electron chi connectivity index (χ3n) is 2.37. The summed E-state index contributed by atoms with van der Waals surface area (Å²) >= 11 is 6.06. The van der Waals surface area contributed by atoms with E-state index in [1.165, 1.54) is 12.1 Å². The lowest BCUT2D eigenvalue weighted by Gasteiger charge is -2.03. The molecule has 1 aromatic heterocycles. The number of non-ortho nitro benzene ring substituents is 1. The highest BCUT2D eigenvalue weighted by molar-refractivity contribution is 6.35. The van der Waals surface area contributed by atoms with Gasteiger partial charge in [-0.15, -0.1) is 0 Å². The van der Waals surface area contributed by atoms with Gasteiger partial charge in [0.15, 0.2) is 0 Å². The molecule has 4 nitrogen and oxygen atoms in total. The monoisotopic (exact) mass is 236 g/mol. The number of hydrogen-bond donors (Lipinski definition) is 0. The number of fused-ring (bicyclic) bond motifs is 1. The van der Waals surface area contributed by atoms with E-state index < -0.39 is 4.92 Å². The van der Waals surface area contributed by atoms with Crippen LogP contribution in [0.3, 0.4) is 0 Å². The van der Waals surface area contributed by atoms with Crippen molar-refractivity contribution in [2.45, 2.75) is 13.3 Å². The van der Waals surface area contributed by atoms with Crippen molar-refractivity contribution in [3.8, 4) is 0 Å². The minimum atomic E-state index is -0.441. The molecule has 5 heteroatoms. The highest BCUT2D eigenvalue weighted by Crippen LogP contribution is 2.27. The fraction of sp³-hybridized carbons (Fsp3) is 0.182. The Morgan fingerprint density at radius 3 is 2.81 bits per heavy atom. The maximum Gasteiger partial charge on any atom is 0.270 e. The zero-order valence-electron chi connectivity index (χ0n) is 8.61. The molecule has 0 radical (unpaired) electrons. The number of halogens is 1. The first-order valence-electron chi connectivity index (χ1n) is 4.85. The van der Waals surface area contributed by atoms with Gasteiger partial charge in [-0.05, 0) is 18.6 Å². The van der Waals surface area contributed by atoms with Gasteiger partial charge in [-0.25, -0.2) is 0 Å². The van der Waals surface area contributed by atoms with Crippen molar-refractivity contribution in [1.29, 1.82) is 0 Å². The Hall–Kier alpha value is -1.68. The molecule has 0 atom stereocenters. The van der Waals surface area contributed by atoms with Gasteiger partial charge >= 0.3 is 0 Å². The number of pyridine rings is 1. The Morgan fingerprint density at radius 1 is 1.44 bits per heavy atom. The topological polar surface area (TPSA) is 56.0 Å². The Kier molecular flexibility index (Phi) is 2.75. The Morgan fingerprint density at radius 2 is 2.19 bits per heavy atom. The summed E-state index contributed by atoms with van der Waals surface area (Å²) in [4.78, 5) is 14.5. The summed E-state index contributed by atoms with van der Waals surface area (Å²) in [5.74, 6) is 0. The van der Waals surface area contributed by atoms with Gasteiger partial charge in [-0.1, -0.05) is 18.5 Å². The first-order chi connectivity index (χ1) is 7.61. The molecule has 0 bridgehead atoms. The lowest BCUT2D eigenvalue weighted by Crippen LogP contribution is -1.91. The third kappa shape index (κ3) is 1.84. The van der Waals surface area contributed by atoms with Crippen molar-refractivity contribution in [3.05, 3.63) is 45.1 Å². The molecule has 1 aromatic carbocycles. The molecule has 0 fully saturated rings. The zero-order valence-corrected chi connectivity index (χ0v) is 9.36. The van der Waals surface area contributed by atoms with Crippen molar-refractivity contribution in [3.63, 3.8) is 0 Å². The van der Waals surface area contributed by atoms with Crippen LogP contribution in [-0.2, 0) is 6.42 Å². The second-order valence-corrected chi connectivity index (χ2v) is 3.81. The van der Waals surface area contributed by atoms with Gasteiger partial charge in [0.2, 0.25) is 0 Å². The summed E-state index contributed by atoms with van der Waals surface area (Å²) in [6, 6.07) is 6.25. The average molecular weight is 237 g/mol. The summed E-state index contributed by atoms with van der Waals surface area (Å²) in [7, 11) is 0. The van der Waals surface area contributed by atoms with Gasteiger partial charge in [-0.3, -0.25) is 15.1 Å². The third-order valence-corrected chi connectivity index (χ3v) is 2.68. The molecule has 82 valence electrons. The minimum absolute atomic E-state index is 0.0282. The van der Waals surface area contributed by atoms with Crippen LogP contribution in [0.25, 0.3) is 10.9 Å². The first kappa shape index (κ1) is 10.8. The number of benzene rings is 1. The number of nitro benzene ring substituents is 1. The smallest absolute Gasteiger partial charge is 0.258 e. The molecule has 1 heterocycles. The standard InChI is InChI=1S/C11H9ClN2O2/c1-2-7-5-10(12)9-6-8(14(15)16)3-4-11(9)13-7/h3-6H,2H2,1H3. The molecule has 0 spiro atoms. The molecule has 0 saturated heterocycles. The maximum absolute atomic E-state index is 10.6. The molecule has 2 rings (SSSR count). The average Bonchev–Trinajstić information content (AvgIpc) is 2.28. The highest BCUT2D eigenvalue weighted by atomic mass is 35.5. The van der Waals surface area contributed by atoms with Crippen LogP contribution in [0.15, 0.2) is 24.3 Å². The predicted molar refractivity (Wildman–Crippen MR) is 62.8 cm³/mol. The van der Waals surface area contributed by atoms with Gasteiger partial charge in [0.25, 0.3) is 5.69 Å². The van der Waals surface area contributed by atoms with Crippen LogP contribution in [0.1, 0.15) is 12.6 Å². The number of nitro groups is 1. The van der Waals surface area contributed by atoms with E-state index in [0.29, 0.717) is 15.9 Å². The zero-order chi connectivity index (χ0) is 11.7.